The van der Waals surface area contributed by atoms with E-state index < -0.39 is 26.1 Å². The predicted octanol–water partition coefficient (Wildman–Crippen LogP) is 0.664. The fourth-order valence-corrected chi connectivity index (χ4v) is 5.64. The van der Waals surface area contributed by atoms with Gasteiger partial charge in [-0.2, -0.15) is 4.31 Å². The molecule has 1 aromatic rings. The molecule has 10 heteroatoms. The van der Waals surface area contributed by atoms with E-state index in [1.54, 1.807) is 12.1 Å². The molecular formula is C16H23N3O5S2. The van der Waals surface area contributed by atoms with Gasteiger partial charge in [-0.3, -0.25) is 4.79 Å². The number of rotatable bonds is 5. The Labute approximate surface area is 154 Å². The van der Waals surface area contributed by atoms with Crippen molar-refractivity contribution in [3.63, 3.8) is 0 Å². The van der Waals surface area contributed by atoms with Crippen LogP contribution in [0.3, 0.4) is 0 Å². The summed E-state index contributed by atoms with van der Waals surface area (Å²) in [5.74, 6) is -0.0731. The van der Waals surface area contributed by atoms with Crippen molar-refractivity contribution < 1.29 is 21.6 Å². The molecule has 0 saturated carbocycles. The molecule has 0 unspecified atom stereocenters. The van der Waals surface area contributed by atoms with Crippen molar-refractivity contribution in [3.8, 4) is 0 Å². The molecule has 1 fully saturated rings. The number of anilines is 1. The summed E-state index contributed by atoms with van der Waals surface area (Å²) >= 11 is 0. The summed E-state index contributed by atoms with van der Waals surface area (Å²) in [7, 11) is -7.13. The molecule has 2 N–H and O–H groups in total. The van der Waals surface area contributed by atoms with Gasteiger partial charge in [0.1, 0.15) is 0 Å². The molecule has 26 heavy (non-hydrogen) atoms. The van der Waals surface area contributed by atoms with Crippen molar-refractivity contribution in [3.05, 3.63) is 23.8 Å². The third-order valence-electron chi connectivity index (χ3n) is 4.73. The van der Waals surface area contributed by atoms with E-state index in [2.05, 4.69) is 10.0 Å². The van der Waals surface area contributed by atoms with Crippen molar-refractivity contribution in [2.75, 3.05) is 24.7 Å². The zero-order valence-electron chi connectivity index (χ0n) is 14.6. The van der Waals surface area contributed by atoms with E-state index in [0.717, 1.165) is 24.7 Å². The molecule has 0 aliphatic carbocycles. The molecule has 2 aliphatic rings. The minimum Gasteiger partial charge on any atom is -0.326 e. The number of benzene rings is 1. The number of aryl methyl sites for hydroxylation is 1. The van der Waals surface area contributed by atoms with E-state index in [4.69, 9.17) is 0 Å². The first-order chi connectivity index (χ1) is 12.2. The molecule has 0 bridgehead atoms. The van der Waals surface area contributed by atoms with E-state index in [9.17, 15) is 21.6 Å². The highest BCUT2D eigenvalue weighted by Gasteiger charge is 2.34. The normalized spacial score (nSPS) is 21.9. The first kappa shape index (κ1) is 19.3. The van der Waals surface area contributed by atoms with Gasteiger partial charge < -0.3 is 5.32 Å². The Kier molecular flexibility index (Phi) is 5.38. The van der Waals surface area contributed by atoms with Gasteiger partial charge >= 0.3 is 0 Å². The molecule has 1 saturated heterocycles. The Hall–Kier alpha value is -1.49. The number of fused-ring (bicyclic) bond motifs is 1. The summed E-state index contributed by atoms with van der Waals surface area (Å²) in [5.41, 5.74) is 1.45. The van der Waals surface area contributed by atoms with Crippen LogP contribution in [0.4, 0.5) is 5.69 Å². The van der Waals surface area contributed by atoms with Gasteiger partial charge in [-0.15, -0.1) is 0 Å². The number of nitrogens with one attached hydrogen (secondary N) is 2. The quantitative estimate of drug-likeness (QED) is 0.753. The molecule has 1 atom stereocenters. The van der Waals surface area contributed by atoms with Crippen LogP contribution in [-0.4, -0.2) is 52.4 Å². The highest BCUT2D eigenvalue weighted by molar-refractivity contribution is 7.89. The molecule has 0 aromatic heterocycles. The molecule has 8 nitrogen and oxygen atoms in total. The van der Waals surface area contributed by atoms with Crippen molar-refractivity contribution in [1.82, 2.24) is 9.03 Å². The predicted molar refractivity (Wildman–Crippen MR) is 97.8 cm³/mol. The van der Waals surface area contributed by atoms with E-state index in [0.29, 0.717) is 31.5 Å². The van der Waals surface area contributed by atoms with Gasteiger partial charge in [0.15, 0.2) is 0 Å². The molecule has 0 radical (unpaired) electrons. The molecule has 144 valence electrons. The monoisotopic (exact) mass is 401 g/mol. The van der Waals surface area contributed by atoms with Crippen LogP contribution in [-0.2, 0) is 31.3 Å². The zero-order chi connectivity index (χ0) is 18.9. The Morgan fingerprint density at radius 2 is 1.96 bits per heavy atom. The highest BCUT2D eigenvalue weighted by Crippen LogP contribution is 2.29. The SMILES string of the molecule is CS(=O)(=O)NC[C@@H]1CCCCN1S(=O)(=O)c1ccc2c(c1)CCC(=O)N2. The first-order valence-corrected chi connectivity index (χ1v) is 11.9. The summed E-state index contributed by atoms with van der Waals surface area (Å²) in [6, 6.07) is 4.32. The lowest BCUT2D eigenvalue weighted by molar-refractivity contribution is -0.116. The van der Waals surface area contributed by atoms with E-state index in [1.165, 1.54) is 10.4 Å². The van der Waals surface area contributed by atoms with Crippen LogP contribution in [0.5, 0.6) is 0 Å². The summed E-state index contributed by atoms with van der Waals surface area (Å²) in [6.45, 7) is 0.436. The highest BCUT2D eigenvalue weighted by atomic mass is 32.2. The van der Waals surface area contributed by atoms with Gasteiger partial charge in [0.25, 0.3) is 0 Å². The van der Waals surface area contributed by atoms with Crippen molar-refractivity contribution in [1.29, 1.82) is 0 Å². The third kappa shape index (κ3) is 4.25. The summed E-state index contributed by atoms with van der Waals surface area (Å²) in [5, 5.41) is 2.74. The molecule has 2 heterocycles. The smallest absolute Gasteiger partial charge is 0.243 e. The summed E-state index contributed by atoms with van der Waals surface area (Å²) < 4.78 is 52.8. The van der Waals surface area contributed by atoms with Crippen LogP contribution in [0.25, 0.3) is 0 Å². The van der Waals surface area contributed by atoms with Gasteiger partial charge in [-0.25, -0.2) is 21.6 Å². The maximum absolute atomic E-state index is 13.1. The second-order valence-electron chi connectivity index (χ2n) is 6.75. The Morgan fingerprint density at radius 3 is 2.69 bits per heavy atom. The number of nitrogens with zero attached hydrogens (tertiary/aromatic N) is 1. The third-order valence-corrected chi connectivity index (χ3v) is 7.37. The Balaban J connectivity index is 1.86. The molecule has 3 rings (SSSR count). The molecule has 2 aliphatic heterocycles. The molecular weight excluding hydrogens is 378 g/mol. The standard InChI is InChI=1S/C16H23N3O5S2/c1-25(21,22)17-11-13-4-2-3-9-19(13)26(23,24)14-6-7-15-12(10-14)5-8-16(20)18-15/h6-7,10,13,17H,2-5,8-9,11H2,1H3,(H,18,20)/t13-/m0/s1. The topological polar surface area (TPSA) is 113 Å². The van der Waals surface area contributed by atoms with Crippen molar-refractivity contribution >= 4 is 31.6 Å². The summed E-state index contributed by atoms with van der Waals surface area (Å²) in [6.07, 6.45) is 4.12. The van der Waals surface area contributed by atoms with E-state index >= 15 is 0 Å². The second kappa shape index (κ2) is 7.26. The van der Waals surface area contributed by atoms with Gasteiger partial charge in [-0.05, 0) is 43.0 Å². The van der Waals surface area contributed by atoms with E-state index in [-0.39, 0.29) is 17.3 Å². The van der Waals surface area contributed by atoms with Crippen molar-refractivity contribution in [2.24, 2.45) is 0 Å². The average molecular weight is 402 g/mol. The van der Waals surface area contributed by atoms with Crippen molar-refractivity contribution in [2.45, 2.75) is 43.0 Å². The van der Waals surface area contributed by atoms with Crippen LogP contribution < -0.4 is 10.0 Å². The lowest BCUT2D eigenvalue weighted by Crippen LogP contribution is -2.49. The number of carbonyl (C=O) groups excluding carboxylic acids is 1. The minimum atomic E-state index is -3.74. The second-order valence-corrected chi connectivity index (χ2v) is 10.5. The largest absolute Gasteiger partial charge is 0.326 e. The Bertz CT molecular complexity index is 912. The lowest BCUT2D eigenvalue weighted by Gasteiger charge is -2.34. The van der Waals surface area contributed by atoms with Crippen LogP contribution in [0.1, 0.15) is 31.2 Å². The molecule has 0 spiro atoms. The van der Waals surface area contributed by atoms with Gasteiger partial charge in [0.2, 0.25) is 26.0 Å². The number of carbonyl (C=O) groups is 1. The van der Waals surface area contributed by atoms with Gasteiger partial charge in [0.05, 0.1) is 11.2 Å². The maximum atomic E-state index is 13.1. The van der Waals surface area contributed by atoms with Crippen LogP contribution in [0.2, 0.25) is 0 Å². The number of hydrogen-bond donors (Lipinski definition) is 2. The summed E-state index contributed by atoms with van der Waals surface area (Å²) in [4.78, 5) is 11.6. The maximum Gasteiger partial charge on any atom is 0.243 e. The number of amides is 1. The lowest BCUT2D eigenvalue weighted by atomic mass is 10.0. The van der Waals surface area contributed by atoms with Gasteiger partial charge in [-0.1, -0.05) is 6.42 Å². The fourth-order valence-electron chi connectivity index (χ4n) is 3.40. The Morgan fingerprint density at radius 1 is 1.19 bits per heavy atom. The number of sulfonamides is 2. The average Bonchev–Trinajstić information content (AvgIpc) is 2.59. The van der Waals surface area contributed by atoms with Crippen LogP contribution in [0.15, 0.2) is 23.1 Å². The van der Waals surface area contributed by atoms with Crippen LogP contribution >= 0.6 is 0 Å². The molecule has 1 aromatic carbocycles. The first-order valence-electron chi connectivity index (χ1n) is 8.56. The van der Waals surface area contributed by atoms with E-state index in [1.807, 2.05) is 0 Å². The van der Waals surface area contributed by atoms with Crippen LogP contribution in [0, 0.1) is 0 Å². The zero-order valence-corrected chi connectivity index (χ0v) is 16.2. The number of hydrogen-bond acceptors (Lipinski definition) is 5. The van der Waals surface area contributed by atoms with Gasteiger partial charge in [0, 0.05) is 31.2 Å². The minimum absolute atomic E-state index is 0.0685. The number of piperidine rings is 1. The molecule has 1 amide bonds. The fraction of sp³-hybridized carbons (Fsp3) is 0.562.